The summed E-state index contributed by atoms with van der Waals surface area (Å²) in [5.74, 6) is 1.73. The molecule has 1 atom stereocenters. The molecule has 0 spiro atoms. The van der Waals surface area contributed by atoms with Crippen molar-refractivity contribution in [3.63, 3.8) is 0 Å². The maximum Gasteiger partial charge on any atom is 0.261 e. The molecule has 2 aromatic carbocycles. The van der Waals surface area contributed by atoms with Crippen LogP contribution in [0.4, 0.5) is 0 Å². The number of ether oxygens (including phenoxy) is 3. The molecule has 2 aromatic rings. The fraction of sp³-hybridized carbons (Fsp3) is 0.278. The molecular weight excluding hydrogens is 330 g/mol. The number of hydrogen-bond donors (Lipinski definition) is 1. The number of halogens is 1. The first-order chi connectivity index (χ1) is 11.7. The minimum absolute atomic E-state index is 0.162. The van der Waals surface area contributed by atoms with Gasteiger partial charge in [-0.2, -0.15) is 0 Å². The molecule has 6 heteroatoms. The largest absolute Gasteiger partial charge is 0.480 e. The highest BCUT2D eigenvalue weighted by atomic mass is 35.5. The van der Waals surface area contributed by atoms with Crippen molar-refractivity contribution in [3.05, 3.63) is 53.1 Å². The maximum atomic E-state index is 12.3. The summed E-state index contributed by atoms with van der Waals surface area (Å²) in [6.45, 7) is 2.54. The van der Waals surface area contributed by atoms with E-state index in [0.29, 0.717) is 35.2 Å². The van der Waals surface area contributed by atoms with Crippen LogP contribution in [0.15, 0.2) is 42.5 Å². The predicted octanol–water partition coefficient (Wildman–Crippen LogP) is 3.54. The van der Waals surface area contributed by atoms with Crippen LogP contribution in [-0.4, -0.2) is 18.8 Å². The van der Waals surface area contributed by atoms with Crippen molar-refractivity contribution in [2.75, 3.05) is 6.79 Å². The summed E-state index contributed by atoms with van der Waals surface area (Å²) in [7, 11) is 0. The molecule has 24 heavy (non-hydrogen) atoms. The van der Waals surface area contributed by atoms with Crippen LogP contribution < -0.4 is 19.5 Å². The Bertz CT molecular complexity index is 717. The van der Waals surface area contributed by atoms with Crippen molar-refractivity contribution in [3.8, 4) is 17.2 Å². The van der Waals surface area contributed by atoms with Crippen molar-refractivity contribution in [1.29, 1.82) is 0 Å². The van der Waals surface area contributed by atoms with E-state index in [1.807, 2.05) is 19.1 Å². The molecule has 0 aliphatic carbocycles. The summed E-state index contributed by atoms with van der Waals surface area (Å²) in [4.78, 5) is 12.3. The van der Waals surface area contributed by atoms with Crippen molar-refractivity contribution >= 4 is 17.5 Å². The van der Waals surface area contributed by atoms with E-state index in [1.165, 1.54) is 0 Å². The van der Waals surface area contributed by atoms with Crippen LogP contribution in [0, 0.1) is 0 Å². The molecule has 0 radical (unpaired) electrons. The lowest BCUT2D eigenvalue weighted by Crippen LogP contribution is -2.37. The lowest BCUT2D eigenvalue weighted by Gasteiger charge is -2.17. The molecule has 0 bridgehead atoms. The zero-order chi connectivity index (χ0) is 16.9. The molecule has 1 heterocycles. The van der Waals surface area contributed by atoms with Gasteiger partial charge in [-0.3, -0.25) is 4.79 Å². The zero-order valence-electron chi connectivity index (χ0n) is 13.3. The monoisotopic (exact) mass is 347 g/mol. The zero-order valence-corrected chi connectivity index (χ0v) is 14.0. The van der Waals surface area contributed by atoms with E-state index < -0.39 is 6.10 Å². The number of hydrogen-bond acceptors (Lipinski definition) is 4. The Balaban J connectivity index is 1.58. The third-order valence-electron chi connectivity index (χ3n) is 3.67. The highest BCUT2D eigenvalue weighted by molar-refractivity contribution is 6.30. The van der Waals surface area contributed by atoms with Gasteiger partial charge in [0.25, 0.3) is 5.91 Å². The van der Waals surface area contributed by atoms with Gasteiger partial charge in [-0.1, -0.05) is 30.7 Å². The fourth-order valence-corrected chi connectivity index (χ4v) is 2.47. The Labute approximate surface area is 145 Å². The van der Waals surface area contributed by atoms with Gasteiger partial charge in [0.2, 0.25) is 6.79 Å². The Hall–Kier alpha value is -2.40. The average Bonchev–Trinajstić information content (AvgIpc) is 3.06. The summed E-state index contributed by atoms with van der Waals surface area (Å²) < 4.78 is 16.4. The molecule has 126 valence electrons. The third-order valence-corrected chi connectivity index (χ3v) is 3.92. The van der Waals surface area contributed by atoms with Gasteiger partial charge in [0.1, 0.15) is 5.75 Å². The van der Waals surface area contributed by atoms with Crippen molar-refractivity contribution in [1.82, 2.24) is 5.32 Å². The molecule has 0 saturated carbocycles. The SMILES string of the molecule is CCC(Oc1ccc2c(c1)OCO2)C(=O)NCc1ccc(Cl)cc1. The van der Waals surface area contributed by atoms with E-state index in [0.717, 1.165) is 5.56 Å². The van der Waals surface area contributed by atoms with E-state index in [-0.39, 0.29) is 12.7 Å². The highest BCUT2D eigenvalue weighted by Crippen LogP contribution is 2.35. The van der Waals surface area contributed by atoms with Crippen molar-refractivity contribution < 1.29 is 19.0 Å². The van der Waals surface area contributed by atoms with Crippen LogP contribution in [0.5, 0.6) is 17.2 Å². The average molecular weight is 348 g/mol. The quantitative estimate of drug-likeness (QED) is 0.868. The molecule has 1 aliphatic rings. The van der Waals surface area contributed by atoms with Crippen LogP contribution in [-0.2, 0) is 11.3 Å². The number of fused-ring (bicyclic) bond motifs is 1. The van der Waals surface area contributed by atoms with Gasteiger partial charge >= 0.3 is 0 Å². The van der Waals surface area contributed by atoms with Gasteiger partial charge < -0.3 is 19.5 Å². The van der Waals surface area contributed by atoms with Crippen molar-refractivity contribution in [2.24, 2.45) is 0 Å². The number of benzene rings is 2. The van der Waals surface area contributed by atoms with Gasteiger partial charge in [-0.25, -0.2) is 0 Å². The highest BCUT2D eigenvalue weighted by Gasteiger charge is 2.20. The van der Waals surface area contributed by atoms with Crippen LogP contribution in [0.25, 0.3) is 0 Å². The standard InChI is InChI=1S/C18H18ClNO4/c1-2-15(18(21)20-10-12-3-5-13(19)6-4-12)24-14-7-8-16-17(9-14)23-11-22-16/h3-9,15H,2,10-11H2,1H3,(H,20,21). The Morgan fingerprint density at radius 2 is 1.96 bits per heavy atom. The lowest BCUT2D eigenvalue weighted by molar-refractivity contribution is -0.128. The first kappa shape index (κ1) is 16.5. The molecule has 1 aliphatic heterocycles. The fourth-order valence-electron chi connectivity index (χ4n) is 2.34. The number of rotatable bonds is 6. The molecule has 0 fully saturated rings. The lowest BCUT2D eigenvalue weighted by atomic mass is 10.2. The van der Waals surface area contributed by atoms with Crippen LogP contribution in [0.3, 0.4) is 0 Å². The molecular formula is C18H18ClNO4. The summed E-state index contributed by atoms with van der Waals surface area (Å²) in [5, 5.41) is 3.55. The number of carbonyl (C=O) groups is 1. The molecule has 1 unspecified atom stereocenters. The van der Waals surface area contributed by atoms with E-state index in [4.69, 9.17) is 25.8 Å². The van der Waals surface area contributed by atoms with Gasteiger partial charge in [-0.05, 0) is 36.2 Å². The Morgan fingerprint density at radius 3 is 2.71 bits per heavy atom. The number of amides is 1. The third kappa shape index (κ3) is 3.92. The summed E-state index contributed by atoms with van der Waals surface area (Å²) in [5.41, 5.74) is 0.977. The van der Waals surface area contributed by atoms with E-state index in [2.05, 4.69) is 5.32 Å². The van der Waals surface area contributed by atoms with Gasteiger partial charge in [0.15, 0.2) is 17.6 Å². The maximum absolute atomic E-state index is 12.3. The van der Waals surface area contributed by atoms with E-state index >= 15 is 0 Å². The first-order valence-corrected chi connectivity index (χ1v) is 8.12. The summed E-state index contributed by atoms with van der Waals surface area (Å²) in [6, 6.07) is 12.6. The normalized spacial score (nSPS) is 13.4. The predicted molar refractivity (Wildman–Crippen MR) is 90.6 cm³/mol. The van der Waals surface area contributed by atoms with Gasteiger partial charge in [-0.15, -0.1) is 0 Å². The van der Waals surface area contributed by atoms with Crippen LogP contribution >= 0.6 is 11.6 Å². The number of nitrogens with one attached hydrogen (secondary N) is 1. The van der Waals surface area contributed by atoms with Crippen LogP contribution in [0.2, 0.25) is 5.02 Å². The minimum atomic E-state index is -0.572. The number of carbonyl (C=O) groups excluding carboxylic acids is 1. The molecule has 5 nitrogen and oxygen atoms in total. The minimum Gasteiger partial charge on any atom is -0.480 e. The molecule has 1 N–H and O–H groups in total. The Kier molecular flexibility index (Phi) is 5.11. The Morgan fingerprint density at radius 1 is 1.21 bits per heavy atom. The molecule has 3 rings (SSSR count). The van der Waals surface area contributed by atoms with E-state index in [9.17, 15) is 4.79 Å². The molecule has 0 saturated heterocycles. The van der Waals surface area contributed by atoms with Gasteiger partial charge in [0.05, 0.1) is 0 Å². The van der Waals surface area contributed by atoms with Crippen LogP contribution in [0.1, 0.15) is 18.9 Å². The second-order valence-electron chi connectivity index (χ2n) is 5.37. The summed E-state index contributed by atoms with van der Waals surface area (Å²) >= 11 is 5.85. The smallest absolute Gasteiger partial charge is 0.261 e. The van der Waals surface area contributed by atoms with Gasteiger partial charge in [0, 0.05) is 17.6 Å². The topological polar surface area (TPSA) is 56.8 Å². The second-order valence-corrected chi connectivity index (χ2v) is 5.81. The first-order valence-electron chi connectivity index (χ1n) is 7.74. The van der Waals surface area contributed by atoms with Crippen molar-refractivity contribution in [2.45, 2.75) is 26.0 Å². The molecule has 0 aromatic heterocycles. The van der Waals surface area contributed by atoms with E-state index in [1.54, 1.807) is 30.3 Å². The summed E-state index contributed by atoms with van der Waals surface area (Å²) in [6.07, 6.45) is -0.0152. The molecule has 1 amide bonds. The second kappa shape index (κ2) is 7.45.